The van der Waals surface area contributed by atoms with Crippen LogP contribution in [0.25, 0.3) is 0 Å². The molecule has 0 saturated heterocycles. The maximum atomic E-state index is 10.5. The number of allylic oxidation sites excluding steroid dienone is 2. The van der Waals surface area contributed by atoms with Crippen LogP contribution in [0.4, 0.5) is 0 Å². The van der Waals surface area contributed by atoms with Gasteiger partial charge in [-0.25, -0.2) is 0 Å². The predicted octanol–water partition coefficient (Wildman–Crippen LogP) is 4.49. The van der Waals surface area contributed by atoms with Crippen molar-refractivity contribution in [1.29, 1.82) is 0 Å². The van der Waals surface area contributed by atoms with E-state index in [0.29, 0.717) is 19.4 Å². The van der Waals surface area contributed by atoms with Crippen LogP contribution < -0.4 is 4.74 Å². The first-order chi connectivity index (χ1) is 12.4. The molecule has 4 nitrogen and oxygen atoms in total. The van der Waals surface area contributed by atoms with E-state index in [2.05, 4.69) is 12.1 Å². The van der Waals surface area contributed by atoms with Crippen molar-refractivity contribution >= 4 is 17.6 Å². The molecular weight excluding hydrogens is 352 g/mol. The molecule has 2 rings (SSSR count). The first-order valence-corrected chi connectivity index (χ1v) is 9.70. The van der Waals surface area contributed by atoms with Crippen molar-refractivity contribution in [3.05, 3.63) is 41.5 Å². The highest BCUT2D eigenvalue weighted by Crippen LogP contribution is 2.39. The molecular formula is C21H29ClO4. The van der Waals surface area contributed by atoms with Gasteiger partial charge in [0.05, 0.1) is 12.7 Å². The van der Waals surface area contributed by atoms with E-state index >= 15 is 0 Å². The van der Waals surface area contributed by atoms with Gasteiger partial charge in [0.2, 0.25) is 0 Å². The minimum atomic E-state index is -0.762. The summed E-state index contributed by atoms with van der Waals surface area (Å²) in [5, 5.41) is 18.9. The summed E-state index contributed by atoms with van der Waals surface area (Å²) in [6.07, 6.45) is 6.56. The van der Waals surface area contributed by atoms with Crippen LogP contribution in [0.5, 0.6) is 5.75 Å². The molecule has 0 heterocycles. The molecule has 1 saturated carbocycles. The fourth-order valence-corrected chi connectivity index (χ4v) is 4.11. The number of alkyl halides is 1. The highest BCUT2D eigenvalue weighted by Gasteiger charge is 2.41. The van der Waals surface area contributed by atoms with Crippen LogP contribution in [-0.4, -0.2) is 34.3 Å². The number of aryl methyl sites for hydroxylation is 2. The lowest BCUT2D eigenvalue weighted by Crippen LogP contribution is -2.27. The summed E-state index contributed by atoms with van der Waals surface area (Å²) in [6.45, 7) is 4.53. The molecule has 0 radical (unpaired) electrons. The van der Waals surface area contributed by atoms with Gasteiger partial charge in [-0.05, 0) is 68.7 Å². The molecule has 1 aliphatic carbocycles. The minimum Gasteiger partial charge on any atom is -0.493 e. The third-order valence-corrected chi connectivity index (χ3v) is 5.45. The van der Waals surface area contributed by atoms with Gasteiger partial charge in [-0.3, -0.25) is 4.79 Å². The van der Waals surface area contributed by atoms with E-state index in [1.54, 1.807) is 0 Å². The Bertz CT molecular complexity index is 608. The second-order valence-electron chi connectivity index (χ2n) is 7.27. The highest BCUT2D eigenvalue weighted by molar-refractivity contribution is 6.21. The highest BCUT2D eigenvalue weighted by atomic mass is 35.5. The number of aliphatic hydroxyl groups is 1. The van der Waals surface area contributed by atoms with Gasteiger partial charge in [-0.15, -0.1) is 11.6 Å². The van der Waals surface area contributed by atoms with Crippen LogP contribution in [0.1, 0.15) is 43.2 Å². The number of aliphatic hydroxyl groups excluding tert-OH is 1. The summed E-state index contributed by atoms with van der Waals surface area (Å²) in [6, 6.07) is 6.11. The number of unbranched alkanes of at least 4 members (excludes halogenated alkanes) is 1. The van der Waals surface area contributed by atoms with E-state index in [4.69, 9.17) is 21.4 Å². The number of aliphatic carboxylic acids is 1. The lowest BCUT2D eigenvalue weighted by Gasteiger charge is -2.23. The molecule has 1 aliphatic rings. The quantitative estimate of drug-likeness (QED) is 0.376. The van der Waals surface area contributed by atoms with Crippen molar-refractivity contribution in [2.24, 2.45) is 11.8 Å². The van der Waals surface area contributed by atoms with E-state index in [0.717, 1.165) is 29.7 Å². The van der Waals surface area contributed by atoms with Crippen molar-refractivity contribution in [3.63, 3.8) is 0 Å². The summed E-state index contributed by atoms with van der Waals surface area (Å²) >= 11 is 6.45. The SMILES string of the molecule is Cc1cc(C)cc(OC[C@@H]2[C@@H](CC=CCCCC(=O)O)[C@H](Cl)C[C@H]2O)c1. The van der Waals surface area contributed by atoms with Crippen LogP contribution in [0.2, 0.25) is 0 Å². The minimum absolute atomic E-state index is 0.00184. The van der Waals surface area contributed by atoms with Crippen molar-refractivity contribution in [2.75, 3.05) is 6.61 Å². The standard InChI is InChI=1S/C21H29ClO4/c1-14-9-15(2)11-16(10-14)26-13-18-17(19(22)12-20(18)23)7-5-3-4-6-8-21(24)25/h3,5,9-11,17-20,23H,4,6-8,12-13H2,1-2H3,(H,24,25)/t17-,18-,19-,20-/m1/s1. The summed E-state index contributed by atoms with van der Waals surface area (Å²) in [7, 11) is 0. The molecule has 144 valence electrons. The number of rotatable bonds is 9. The maximum Gasteiger partial charge on any atom is 0.303 e. The Morgan fingerprint density at radius 2 is 1.92 bits per heavy atom. The van der Waals surface area contributed by atoms with Gasteiger partial charge in [0.1, 0.15) is 5.75 Å². The van der Waals surface area contributed by atoms with Crippen LogP contribution in [0.15, 0.2) is 30.4 Å². The number of ether oxygens (including phenoxy) is 1. The second kappa shape index (κ2) is 9.98. The predicted molar refractivity (Wildman–Crippen MR) is 104 cm³/mol. The number of hydrogen-bond donors (Lipinski definition) is 2. The molecule has 1 fully saturated rings. The Labute approximate surface area is 160 Å². The van der Waals surface area contributed by atoms with Gasteiger partial charge in [0.15, 0.2) is 0 Å². The molecule has 26 heavy (non-hydrogen) atoms. The van der Waals surface area contributed by atoms with Crippen LogP contribution in [0, 0.1) is 25.7 Å². The maximum absolute atomic E-state index is 10.5. The molecule has 4 atom stereocenters. The third-order valence-electron chi connectivity index (χ3n) is 4.95. The smallest absolute Gasteiger partial charge is 0.303 e. The first-order valence-electron chi connectivity index (χ1n) is 9.27. The third kappa shape index (κ3) is 6.33. The van der Waals surface area contributed by atoms with Crippen molar-refractivity contribution in [3.8, 4) is 5.75 Å². The summed E-state index contributed by atoms with van der Waals surface area (Å²) in [5.41, 5.74) is 2.31. The fraction of sp³-hybridized carbons (Fsp3) is 0.571. The average molecular weight is 381 g/mol. The van der Waals surface area contributed by atoms with Gasteiger partial charge < -0.3 is 14.9 Å². The van der Waals surface area contributed by atoms with E-state index < -0.39 is 12.1 Å². The molecule has 2 N–H and O–H groups in total. The molecule has 5 heteroatoms. The average Bonchev–Trinajstić information content (AvgIpc) is 2.81. The Kier molecular flexibility index (Phi) is 7.98. The zero-order valence-electron chi connectivity index (χ0n) is 15.5. The van der Waals surface area contributed by atoms with Crippen LogP contribution in [-0.2, 0) is 4.79 Å². The second-order valence-corrected chi connectivity index (χ2v) is 7.83. The summed E-state index contributed by atoms with van der Waals surface area (Å²) in [4.78, 5) is 10.5. The largest absolute Gasteiger partial charge is 0.493 e. The normalized spacial score (nSPS) is 25.7. The topological polar surface area (TPSA) is 66.8 Å². The number of carboxylic acid groups (broad SMARTS) is 1. The van der Waals surface area contributed by atoms with Gasteiger partial charge in [0.25, 0.3) is 0 Å². The number of carbonyl (C=O) groups is 1. The van der Waals surface area contributed by atoms with Gasteiger partial charge >= 0.3 is 5.97 Å². The number of halogens is 1. The number of carboxylic acids is 1. The van der Waals surface area contributed by atoms with Crippen LogP contribution >= 0.6 is 11.6 Å². The fourth-order valence-electron chi connectivity index (χ4n) is 3.64. The van der Waals surface area contributed by atoms with Gasteiger partial charge in [0, 0.05) is 17.7 Å². The van der Waals surface area contributed by atoms with E-state index in [1.165, 1.54) is 0 Å². The monoisotopic (exact) mass is 380 g/mol. The molecule has 0 bridgehead atoms. The van der Waals surface area contributed by atoms with Crippen molar-refractivity contribution in [2.45, 2.75) is 57.4 Å². The molecule has 0 amide bonds. The van der Waals surface area contributed by atoms with Gasteiger partial charge in [-0.2, -0.15) is 0 Å². The lowest BCUT2D eigenvalue weighted by atomic mass is 9.92. The van der Waals surface area contributed by atoms with E-state index in [-0.39, 0.29) is 23.6 Å². The summed E-state index contributed by atoms with van der Waals surface area (Å²) < 4.78 is 5.96. The molecule has 0 aliphatic heterocycles. The number of benzene rings is 1. The molecule has 0 unspecified atom stereocenters. The Morgan fingerprint density at radius 3 is 2.58 bits per heavy atom. The Balaban J connectivity index is 1.88. The van der Waals surface area contributed by atoms with Crippen LogP contribution in [0.3, 0.4) is 0 Å². The zero-order valence-corrected chi connectivity index (χ0v) is 16.3. The summed E-state index contributed by atoms with van der Waals surface area (Å²) in [5.74, 6) is 0.229. The first kappa shape index (κ1) is 20.8. The Hall–Kier alpha value is -1.52. The lowest BCUT2D eigenvalue weighted by molar-refractivity contribution is -0.137. The van der Waals surface area contributed by atoms with E-state index in [9.17, 15) is 9.90 Å². The van der Waals surface area contributed by atoms with E-state index in [1.807, 2.05) is 32.1 Å². The zero-order chi connectivity index (χ0) is 19.1. The molecule has 1 aromatic carbocycles. The Morgan fingerprint density at radius 1 is 1.23 bits per heavy atom. The number of hydrogen-bond acceptors (Lipinski definition) is 3. The van der Waals surface area contributed by atoms with Gasteiger partial charge in [-0.1, -0.05) is 18.2 Å². The molecule has 0 spiro atoms. The molecule has 0 aromatic heterocycles. The van der Waals surface area contributed by atoms with Crippen molar-refractivity contribution < 1.29 is 19.7 Å². The molecule has 1 aromatic rings. The van der Waals surface area contributed by atoms with Crippen molar-refractivity contribution in [1.82, 2.24) is 0 Å².